The van der Waals surface area contributed by atoms with Crippen LogP contribution in [0.1, 0.15) is 48.1 Å². The predicted molar refractivity (Wildman–Crippen MR) is 115 cm³/mol. The monoisotopic (exact) mass is 402 g/mol. The summed E-state index contributed by atoms with van der Waals surface area (Å²) >= 11 is 0. The van der Waals surface area contributed by atoms with E-state index in [9.17, 15) is 13.2 Å². The highest BCUT2D eigenvalue weighted by molar-refractivity contribution is 7.92. The maximum Gasteiger partial charge on any atom is 0.232 e. The normalized spacial score (nSPS) is 12.5. The zero-order valence-electron chi connectivity index (χ0n) is 17.3. The maximum absolute atomic E-state index is 12.3. The van der Waals surface area contributed by atoms with Gasteiger partial charge < -0.3 is 5.32 Å². The lowest BCUT2D eigenvalue weighted by Gasteiger charge is -2.24. The van der Waals surface area contributed by atoms with Gasteiger partial charge in [-0.1, -0.05) is 36.4 Å². The Morgan fingerprint density at radius 3 is 2.32 bits per heavy atom. The highest BCUT2D eigenvalue weighted by Gasteiger charge is 2.19. The Kier molecular flexibility index (Phi) is 7.24. The van der Waals surface area contributed by atoms with Crippen LogP contribution in [0, 0.1) is 20.8 Å². The summed E-state index contributed by atoms with van der Waals surface area (Å²) in [4.78, 5) is 12.3. The Morgan fingerprint density at radius 1 is 1.04 bits per heavy atom. The Balaban J connectivity index is 1.95. The van der Waals surface area contributed by atoms with Crippen LogP contribution in [0.3, 0.4) is 0 Å². The van der Waals surface area contributed by atoms with Gasteiger partial charge in [0.1, 0.15) is 0 Å². The third-order valence-electron chi connectivity index (χ3n) is 4.96. The van der Waals surface area contributed by atoms with Crippen molar-refractivity contribution < 1.29 is 13.2 Å². The first-order chi connectivity index (χ1) is 13.1. The third-order valence-corrected chi connectivity index (χ3v) is 6.14. The van der Waals surface area contributed by atoms with Crippen molar-refractivity contribution in [2.75, 3.05) is 17.1 Å². The van der Waals surface area contributed by atoms with Gasteiger partial charge in [-0.15, -0.1) is 0 Å². The number of aryl methyl sites for hydroxylation is 3. The SMILES string of the molecule is Cc1ccc([C@H](C)NC(=O)CCCN(c2ccccc2C)S(C)(=O)=O)cc1C. The maximum atomic E-state index is 12.3. The van der Waals surface area contributed by atoms with Crippen LogP contribution in [0.15, 0.2) is 42.5 Å². The molecule has 152 valence electrons. The first-order valence-corrected chi connectivity index (χ1v) is 11.3. The number of amides is 1. The highest BCUT2D eigenvalue weighted by Crippen LogP contribution is 2.22. The van der Waals surface area contributed by atoms with Crippen LogP contribution in [0.5, 0.6) is 0 Å². The second-order valence-electron chi connectivity index (χ2n) is 7.36. The van der Waals surface area contributed by atoms with Crippen LogP contribution >= 0.6 is 0 Å². The number of carbonyl (C=O) groups excluding carboxylic acids is 1. The number of benzene rings is 2. The molecule has 0 aromatic heterocycles. The van der Waals surface area contributed by atoms with E-state index in [0.29, 0.717) is 12.1 Å². The lowest BCUT2D eigenvalue weighted by Crippen LogP contribution is -2.33. The van der Waals surface area contributed by atoms with Crippen molar-refractivity contribution in [3.63, 3.8) is 0 Å². The molecule has 0 heterocycles. The fourth-order valence-corrected chi connectivity index (χ4v) is 4.15. The highest BCUT2D eigenvalue weighted by atomic mass is 32.2. The Morgan fingerprint density at radius 2 is 1.71 bits per heavy atom. The zero-order chi connectivity index (χ0) is 20.9. The molecular weight excluding hydrogens is 372 g/mol. The van der Waals surface area contributed by atoms with Gasteiger partial charge in [0.15, 0.2) is 0 Å². The molecular formula is C22H30N2O3S. The van der Waals surface area contributed by atoms with Crippen LogP contribution in [0.4, 0.5) is 5.69 Å². The summed E-state index contributed by atoms with van der Waals surface area (Å²) in [5.74, 6) is -0.0797. The number of para-hydroxylation sites is 1. The smallest absolute Gasteiger partial charge is 0.232 e. The summed E-state index contributed by atoms with van der Waals surface area (Å²) in [5, 5.41) is 3.00. The van der Waals surface area contributed by atoms with Crippen molar-refractivity contribution in [2.45, 2.75) is 46.6 Å². The summed E-state index contributed by atoms with van der Waals surface area (Å²) in [6.07, 6.45) is 1.92. The largest absolute Gasteiger partial charge is 0.350 e. The molecule has 0 aliphatic heterocycles. The van der Waals surface area contributed by atoms with E-state index >= 15 is 0 Å². The summed E-state index contributed by atoms with van der Waals surface area (Å²) in [5.41, 5.74) is 5.03. The van der Waals surface area contributed by atoms with Gasteiger partial charge >= 0.3 is 0 Å². The molecule has 0 aliphatic carbocycles. The fraction of sp³-hybridized carbons (Fsp3) is 0.409. The molecule has 0 saturated heterocycles. The first-order valence-electron chi connectivity index (χ1n) is 9.49. The minimum absolute atomic E-state index is 0.0797. The quantitative estimate of drug-likeness (QED) is 0.725. The topological polar surface area (TPSA) is 66.5 Å². The lowest BCUT2D eigenvalue weighted by atomic mass is 10.0. The second-order valence-corrected chi connectivity index (χ2v) is 9.26. The molecule has 0 radical (unpaired) electrons. The van der Waals surface area contributed by atoms with E-state index < -0.39 is 10.0 Å². The summed E-state index contributed by atoms with van der Waals surface area (Å²) in [6, 6.07) is 13.4. The van der Waals surface area contributed by atoms with Gasteiger partial charge in [0.25, 0.3) is 0 Å². The van der Waals surface area contributed by atoms with Crippen molar-refractivity contribution in [3.8, 4) is 0 Å². The number of rotatable bonds is 8. The van der Waals surface area contributed by atoms with Crippen molar-refractivity contribution in [3.05, 3.63) is 64.7 Å². The van der Waals surface area contributed by atoms with Gasteiger partial charge in [-0.25, -0.2) is 8.42 Å². The molecule has 1 N–H and O–H groups in total. The van der Waals surface area contributed by atoms with Gasteiger partial charge in [0.05, 0.1) is 18.0 Å². The molecule has 2 rings (SSSR count). The Labute approximate surface area is 168 Å². The van der Waals surface area contributed by atoms with E-state index in [0.717, 1.165) is 11.1 Å². The average molecular weight is 403 g/mol. The summed E-state index contributed by atoms with van der Waals surface area (Å²) < 4.78 is 25.8. The molecule has 0 aliphatic rings. The van der Waals surface area contributed by atoms with Crippen LogP contribution in [0.25, 0.3) is 0 Å². The molecule has 0 fully saturated rings. The van der Waals surface area contributed by atoms with E-state index in [4.69, 9.17) is 0 Å². The molecule has 2 aromatic carbocycles. The minimum Gasteiger partial charge on any atom is -0.350 e. The Hall–Kier alpha value is -2.34. The average Bonchev–Trinajstić information content (AvgIpc) is 2.61. The zero-order valence-corrected chi connectivity index (χ0v) is 18.1. The molecule has 28 heavy (non-hydrogen) atoms. The molecule has 0 saturated carbocycles. The van der Waals surface area contributed by atoms with E-state index in [1.165, 1.54) is 21.7 Å². The summed E-state index contributed by atoms with van der Waals surface area (Å²) in [7, 11) is -3.41. The van der Waals surface area contributed by atoms with Crippen LogP contribution < -0.4 is 9.62 Å². The van der Waals surface area contributed by atoms with Gasteiger partial charge in [-0.3, -0.25) is 9.10 Å². The number of nitrogens with zero attached hydrogens (tertiary/aromatic N) is 1. The van der Waals surface area contributed by atoms with Crippen molar-refractivity contribution in [1.82, 2.24) is 5.32 Å². The van der Waals surface area contributed by atoms with E-state index in [-0.39, 0.29) is 24.9 Å². The molecule has 0 unspecified atom stereocenters. The second kappa shape index (κ2) is 9.24. The van der Waals surface area contributed by atoms with Gasteiger partial charge in [-0.2, -0.15) is 0 Å². The number of hydrogen-bond acceptors (Lipinski definition) is 3. The number of nitrogens with one attached hydrogen (secondary N) is 1. The van der Waals surface area contributed by atoms with Gasteiger partial charge in [0, 0.05) is 13.0 Å². The van der Waals surface area contributed by atoms with Crippen molar-refractivity contribution in [2.24, 2.45) is 0 Å². The number of carbonyl (C=O) groups is 1. The molecule has 2 aromatic rings. The van der Waals surface area contributed by atoms with E-state index in [1.54, 1.807) is 6.07 Å². The number of hydrogen-bond donors (Lipinski definition) is 1. The molecule has 0 spiro atoms. The van der Waals surface area contributed by atoms with Crippen molar-refractivity contribution >= 4 is 21.6 Å². The van der Waals surface area contributed by atoms with Gasteiger partial charge in [0.2, 0.25) is 15.9 Å². The molecule has 1 atom stereocenters. The van der Waals surface area contributed by atoms with E-state index in [2.05, 4.69) is 31.3 Å². The lowest BCUT2D eigenvalue weighted by molar-refractivity contribution is -0.121. The third kappa shape index (κ3) is 5.83. The number of sulfonamides is 1. The summed E-state index contributed by atoms with van der Waals surface area (Å²) in [6.45, 7) is 8.22. The van der Waals surface area contributed by atoms with E-state index in [1.807, 2.05) is 38.1 Å². The molecule has 6 heteroatoms. The molecule has 5 nitrogen and oxygen atoms in total. The first kappa shape index (κ1) is 22.0. The molecule has 0 bridgehead atoms. The van der Waals surface area contributed by atoms with Crippen molar-refractivity contribution in [1.29, 1.82) is 0 Å². The minimum atomic E-state index is -3.41. The molecule has 1 amide bonds. The van der Waals surface area contributed by atoms with Crippen LogP contribution in [-0.4, -0.2) is 27.1 Å². The van der Waals surface area contributed by atoms with Crippen LogP contribution in [-0.2, 0) is 14.8 Å². The predicted octanol–water partition coefficient (Wildman–Crippen LogP) is 4.04. The Bertz CT molecular complexity index is 939. The fourth-order valence-electron chi connectivity index (χ4n) is 3.12. The van der Waals surface area contributed by atoms with Crippen LogP contribution in [0.2, 0.25) is 0 Å². The standard InChI is InChI=1S/C22H30N2O3S/c1-16-12-13-20(15-18(16)3)19(4)23-22(25)11-8-14-24(28(5,26)27)21-10-7-6-9-17(21)2/h6-7,9-10,12-13,15,19H,8,11,14H2,1-5H3,(H,23,25)/t19-/m0/s1. The number of anilines is 1. The van der Waals surface area contributed by atoms with Gasteiger partial charge in [-0.05, 0) is 62.4 Å².